The summed E-state index contributed by atoms with van der Waals surface area (Å²) in [5.74, 6) is 0.205. The molecule has 0 fully saturated rings. The van der Waals surface area contributed by atoms with Gasteiger partial charge in [0, 0.05) is 6.54 Å². The maximum Gasteiger partial charge on any atom is 0.211 e. The fourth-order valence-electron chi connectivity index (χ4n) is 0.897. The number of hydrogen-bond donors (Lipinski definition) is 2. The van der Waals surface area contributed by atoms with Crippen LogP contribution >= 0.6 is 12.2 Å². The minimum Gasteiger partial charge on any atom is -0.393 e. The molecule has 0 rings (SSSR count). The predicted octanol–water partition coefficient (Wildman–Crippen LogP) is 0.772. The highest BCUT2D eigenvalue weighted by atomic mass is 32.2. The molecule has 6 heteroatoms. The number of nitrogens with one attached hydrogen (secondary N) is 1. The van der Waals surface area contributed by atoms with E-state index < -0.39 is 10.0 Å². The molecule has 0 bridgehead atoms. The maximum absolute atomic E-state index is 11.3. The van der Waals surface area contributed by atoms with Crippen molar-refractivity contribution in [3.05, 3.63) is 0 Å². The quantitative estimate of drug-likeness (QED) is 0.484. The lowest BCUT2D eigenvalue weighted by molar-refractivity contribution is 0.576. The third kappa shape index (κ3) is 8.40. The van der Waals surface area contributed by atoms with Crippen LogP contribution in [-0.4, -0.2) is 25.7 Å². The Morgan fingerprint density at radius 3 is 2.57 bits per heavy atom. The van der Waals surface area contributed by atoms with Crippen molar-refractivity contribution in [3.8, 4) is 0 Å². The monoisotopic (exact) mass is 238 g/mol. The average Bonchev–Trinajstić information content (AvgIpc) is 2.09. The molecule has 0 saturated heterocycles. The van der Waals surface area contributed by atoms with Crippen LogP contribution in [0.5, 0.6) is 0 Å². The molecule has 0 aliphatic heterocycles. The van der Waals surface area contributed by atoms with E-state index in [0.29, 0.717) is 30.8 Å². The van der Waals surface area contributed by atoms with Gasteiger partial charge < -0.3 is 5.73 Å². The van der Waals surface area contributed by atoms with Crippen LogP contribution < -0.4 is 10.5 Å². The molecular formula is C8H18N2O2S2. The number of unbranched alkanes of at least 4 members (excludes halogenated alkanes) is 1. The molecule has 0 spiro atoms. The molecule has 0 saturated carbocycles. The highest BCUT2D eigenvalue weighted by Crippen LogP contribution is 1.94. The molecule has 4 nitrogen and oxygen atoms in total. The van der Waals surface area contributed by atoms with E-state index in [1.54, 1.807) is 0 Å². The maximum atomic E-state index is 11.3. The van der Waals surface area contributed by atoms with E-state index in [0.717, 1.165) is 6.42 Å². The summed E-state index contributed by atoms with van der Waals surface area (Å²) in [5.41, 5.74) is 5.28. The average molecular weight is 238 g/mol. The highest BCUT2D eigenvalue weighted by Gasteiger charge is 2.07. The van der Waals surface area contributed by atoms with Crippen molar-refractivity contribution in [2.24, 2.45) is 5.73 Å². The largest absolute Gasteiger partial charge is 0.393 e. The second kappa shape index (κ2) is 7.14. The van der Waals surface area contributed by atoms with Crippen LogP contribution in [0.3, 0.4) is 0 Å². The SMILES string of the molecule is CCCCS(=O)(=O)NCCCC(N)=S. The zero-order valence-corrected chi connectivity index (χ0v) is 10.1. The van der Waals surface area contributed by atoms with E-state index in [2.05, 4.69) is 16.9 Å². The van der Waals surface area contributed by atoms with Gasteiger partial charge in [-0.25, -0.2) is 13.1 Å². The third-order valence-corrected chi connectivity index (χ3v) is 3.36. The molecule has 3 N–H and O–H groups in total. The molecule has 0 aliphatic rings. The Morgan fingerprint density at radius 1 is 1.43 bits per heavy atom. The van der Waals surface area contributed by atoms with Gasteiger partial charge in [-0.3, -0.25) is 0 Å². The predicted molar refractivity (Wildman–Crippen MR) is 62.7 cm³/mol. The van der Waals surface area contributed by atoms with Crippen LogP contribution in [0, 0.1) is 0 Å². The second-order valence-corrected chi connectivity index (χ2v) is 5.59. The first kappa shape index (κ1) is 13.8. The Balaban J connectivity index is 3.61. The van der Waals surface area contributed by atoms with Crippen molar-refractivity contribution in [3.63, 3.8) is 0 Å². The standard InChI is InChI=1S/C8H18N2O2S2/c1-2-3-7-14(11,12)10-6-4-5-8(9)13/h10H,2-7H2,1H3,(H2,9,13). The summed E-state index contributed by atoms with van der Waals surface area (Å²) in [4.78, 5) is 0.428. The lowest BCUT2D eigenvalue weighted by Gasteiger charge is -2.05. The Kier molecular flexibility index (Phi) is 7.04. The molecule has 0 aliphatic carbocycles. The molecule has 0 aromatic carbocycles. The first-order chi connectivity index (χ1) is 6.48. The minimum absolute atomic E-state index is 0.205. The number of nitrogens with two attached hydrogens (primary N) is 1. The summed E-state index contributed by atoms with van der Waals surface area (Å²) in [6, 6.07) is 0. The van der Waals surface area contributed by atoms with Gasteiger partial charge in [0.05, 0.1) is 10.7 Å². The van der Waals surface area contributed by atoms with E-state index in [-0.39, 0.29) is 5.75 Å². The second-order valence-electron chi connectivity index (χ2n) is 3.14. The van der Waals surface area contributed by atoms with Crippen molar-refractivity contribution in [1.29, 1.82) is 0 Å². The molecule has 0 aromatic heterocycles. The molecule has 0 radical (unpaired) electrons. The molecule has 0 aromatic rings. The van der Waals surface area contributed by atoms with E-state index in [9.17, 15) is 8.42 Å². The van der Waals surface area contributed by atoms with Crippen molar-refractivity contribution in [2.45, 2.75) is 32.6 Å². The molecule has 0 amide bonds. The fraction of sp³-hybridized carbons (Fsp3) is 0.875. The van der Waals surface area contributed by atoms with Gasteiger partial charge in [0.15, 0.2) is 0 Å². The Hall–Kier alpha value is -0.200. The summed E-state index contributed by atoms with van der Waals surface area (Å²) in [5, 5.41) is 0. The molecule has 0 heterocycles. The number of hydrogen-bond acceptors (Lipinski definition) is 3. The van der Waals surface area contributed by atoms with Crippen LogP contribution in [0.25, 0.3) is 0 Å². The normalized spacial score (nSPS) is 11.5. The highest BCUT2D eigenvalue weighted by molar-refractivity contribution is 7.89. The van der Waals surface area contributed by atoms with Gasteiger partial charge in [0.1, 0.15) is 0 Å². The number of rotatable bonds is 8. The first-order valence-electron chi connectivity index (χ1n) is 4.73. The number of thiocarbonyl (C=S) groups is 1. The fourth-order valence-corrected chi connectivity index (χ4v) is 2.31. The van der Waals surface area contributed by atoms with E-state index in [1.165, 1.54) is 0 Å². The van der Waals surface area contributed by atoms with Gasteiger partial charge in [-0.15, -0.1) is 0 Å². The van der Waals surface area contributed by atoms with Gasteiger partial charge in [0.25, 0.3) is 0 Å². The Morgan fingerprint density at radius 2 is 2.07 bits per heavy atom. The summed E-state index contributed by atoms with van der Waals surface area (Å²) >= 11 is 4.67. The Bertz CT molecular complexity index is 263. The van der Waals surface area contributed by atoms with Crippen LogP contribution in [0.15, 0.2) is 0 Å². The van der Waals surface area contributed by atoms with Gasteiger partial charge in [-0.1, -0.05) is 25.6 Å². The van der Waals surface area contributed by atoms with Crippen LogP contribution in [0.2, 0.25) is 0 Å². The van der Waals surface area contributed by atoms with Crippen LogP contribution in [0.1, 0.15) is 32.6 Å². The molecule has 0 unspecified atom stereocenters. The smallest absolute Gasteiger partial charge is 0.211 e. The molecule has 14 heavy (non-hydrogen) atoms. The third-order valence-electron chi connectivity index (χ3n) is 1.69. The van der Waals surface area contributed by atoms with Crippen molar-refractivity contribution in [2.75, 3.05) is 12.3 Å². The summed E-state index contributed by atoms with van der Waals surface area (Å²) < 4.78 is 25.0. The molecule has 84 valence electrons. The summed E-state index contributed by atoms with van der Waals surface area (Å²) in [7, 11) is -3.08. The molecular weight excluding hydrogens is 220 g/mol. The van der Waals surface area contributed by atoms with Crippen molar-refractivity contribution in [1.82, 2.24) is 4.72 Å². The zero-order valence-electron chi connectivity index (χ0n) is 8.45. The van der Waals surface area contributed by atoms with E-state index >= 15 is 0 Å². The minimum atomic E-state index is -3.08. The van der Waals surface area contributed by atoms with E-state index in [1.807, 2.05) is 6.92 Å². The lowest BCUT2D eigenvalue weighted by atomic mass is 10.3. The van der Waals surface area contributed by atoms with E-state index in [4.69, 9.17) is 5.73 Å². The first-order valence-corrected chi connectivity index (χ1v) is 6.79. The molecule has 0 atom stereocenters. The van der Waals surface area contributed by atoms with Crippen molar-refractivity contribution < 1.29 is 8.42 Å². The zero-order chi connectivity index (χ0) is 11.0. The van der Waals surface area contributed by atoms with Gasteiger partial charge >= 0.3 is 0 Å². The van der Waals surface area contributed by atoms with Crippen LogP contribution in [0.4, 0.5) is 0 Å². The summed E-state index contributed by atoms with van der Waals surface area (Å²) in [6.45, 7) is 2.38. The topological polar surface area (TPSA) is 72.2 Å². The van der Waals surface area contributed by atoms with Gasteiger partial charge in [0.2, 0.25) is 10.0 Å². The van der Waals surface area contributed by atoms with Crippen molar-refractivity contribution >= 4 is 27.2 Å². The van der Waals surface area contributed by atoms with Gasteiger partial charge in [-0.2, -0.15) is 0 Å². The van der Waals surface area contributed by atoms with Crippen LogP contribution in [-0.2, 0) is 10.0 Å². The van der Waals surface area contributed by atoms with Gasteiger partial charge in [-0.05, 0) is 19.3 Å². The number of sulfonamides is 1. The summed E-state index contributed by atoms with van der Waals surface area (Å²) in [6.07, 6.45) is 2.84. The lowest BCUT2D eigenvalue weighted by Crippen LogP contribution is -2.27. The Labute approximate surface area is 91.3 Å².